The van der Waals surface area contributed by atoms with Crippen molar-refractivity contribution in [2.45, 2.75) is 64.3 Å². The summed E-state index contributed by atoms with van der Waals surface area (Å²) < 4.78 is 4.34. The molecule has 3 aromatic rings. The van der Waals surface area contributed by atoms with Crippen LogP contribution in [-0.2, 0) is 24.8 Å². The summed E-state index contributed by atoms with van der Waals surface area (Å²) in [5.74, 6) is 1.68. The van der Waals surface area contributed by atoms with E-state index in [0.29, 0.717) is 44.8 Å². The van der Waals surface area contributed by atoms with Crippen LogP contribution in [0.5, 0.6) is 0 Å². The number of aryl methyl sites for hydroxylation is 1. The maximum atomic E-state index is 13.6. The van der Waals surface area contributed by atoms with Crippen molar-refractivity contribution in [3.05, 3.63) is 53.7 Å². The van der Waals surface area contributed by atoms with Crippen LogP contribution in [-0.4, -0.2) is 55.3 Å². The lowest BCUT2D eigenvalue weighted by Crippen LogP contribution is -2.51. The molecular formula is C26H35N5O2. The Morgan fingerprint density at radius 3 is 2.76 bits per heavy atom. The summed E-state index contributed by atoms with van der Waals surface area (Å²) in [7, 11) is 2.02. The van der Waals surface area contributed by atoms with Gasteiger partial charge >= 0.3 is 0 Å². The van der Waals surface area contributed by atoms with Crippen molar-refractivity contribution in [1.29, 1.82) is 0 Å². The molecule has 2 atom stereocenters. The van der Waals surface area contributed by atoms with Gasteiger partial charge in [0.15, 0.2) is 0 Å². The van der Waals surface area contributed by atoms with E-state index in [9.17, 15) is 9.90 Å². The number of hydrogen-bond donors (Lipinski definition) is 2. The number of amides is 1. The average Bonchev–Trinajstić information content (AvgIpc) is 3.31. The Kier molecular flexibility index (Phi) is 6.01. The van der Waals surface area contributed by atoms with Gasteiger partial charge in [-0.3, -0.25) is 10.1 Å². The molecule has 0 spiro atoms. The molecule has 0 aliphatic carbocycles. The number of nitrogens with zero attached hydrogens (tertiary/aromatic N) is 4. The molecule has 1 fully saturated rings. The number of rotatable bonds is 5. The molecule has 1 aromatic carbocycles. The molecule has 1 amide bonds. The number of carbonyl (C=O) groups is 1. The largest absolute Gasteiger partial charge is 0.393 e. The van der Waals surface area contributed by atoms with Crippen molar-refractivity contribution in [2.24, 2.45) is 13.0 Å². The lowest BCUT2D eigenvalue weighted by molar-refractivity contribution is -0.135. The van der Waals surface area contributed by atoms with E-state index in [1.807, 2.05) is 24.3 Å². The van der Waals surface area contributed by atoms with E-state index in [2.05, 4.69) is 57.7 Å². The second-order valence-electron chi connectivity index (χ2n) is 10.1. The van der Waals surface area contributed by atoms with Crippen molar-refractivity contribution in [1.82, 2.24) is 24.3 Å². The molecule has 176 valence electrons. The number of benzene rings is 1. The highest BCUT2D eigenvalue weighted by atomic mass is 16.3. The molecule has 1 saturated heterocycles. The minimum Gasteiger partial charge on any atom is -0.393 e. The molecule has 33 heavy (non-hydrogen) atoms. The van der Waals surface area contributed by atoms with Gasteiger partial charge in [-0.05, 0) is 48.8 Å². The Labute approximate surface area is 195 Å². The standard InChI is InChI=1S/C26H35N5O2/c1-17(2)13-21-20-5-4-6-23-25(20)18(15-31(23)16-24-27-9-12-29(24)3)14-22(28-21)26(33)30-10-7-19(32)8-11-30/h4-6,9,12,15,17,19,21-22,28,32H,7-8,10-11,13-14,16H2,1-3H3/t21-,22-/m0/s1. The first-order chi connectivity index (χ1) is 15.9. The third-order valence-corrected chi connectivity index (χ3v) is 7.23. The first-order valence-electron chi connectivity index (χ1n) is 12.2. The summed E-state index contributed by atoms with van der Waals surface area (Å²) in [5.41, 5.74) is 3.72. The van der Waals surface area contributed by atoms with E-state index in [-0.39, 0.29) is 24.1 Å². The minimum absolute atomic E-state index is 0.128. The Hall–Kier alpha value is -2.64. The summed E-state index contributed by atoms with van der Waals surface area (Å²) >= 11 is 0. The lowest BCUT2D eigenvalue weighted by atomic mass is 9.94. The average molecular weight is 450 g/mol. The first kappa shape index (κ1) is 22.2. The highest BCUT2D eigenvalue weighted by Gasteiger charge is 2.34. The second-order valence-corrected chi connectivity index (χ2v) is 10.1. The summed E-state index contributed by atoms with van der Waals surface area (Å²) in [6, 6.07) is 6.42. The fourth-order valence-corrected chi connectivity index (χ4v) is 5.49. The summed E-state index contributed by atoms with van der Waals surface area (Å²) in [6.45, 7) is 6.45. The highest BCUT2D eigenvalue weighted by molar-refractivity contribution is 5.90. The van der Waals surface area contributed by atoms with Gasteiger partial charge in [-0.15, -0.1) is 0 Å². The molecule has 4 heterocycles. The molecule has 2 aliphatic rings. The van der Waals surface area contributed by atoms with Gasteiger partial charge in [0.1, 0.15) is 5.82 Å². The van der Waals surface area contributed by atoms with Gasteiger partial charge in [-0.2, -0.15) is 0 Å². The maximum Gasteiger partial charge on any atom is 0.240 e. The quantitative estimate of drug-likeness (QED) is 0.628. The number of carbonyl (C=O) groups excluding carboxylic acids is 1. The molecule has 7 heteroatoms. The Balaban J connectivity index is 1.53. The van der Waals surface area contributed by atoms with Crippen molar-refractivity contribution >= 4 is 16.8 Å². The molecule has 7 nitrogen and oxygen atoms in total. The van der Waals surface area contributed by atoms with Crippen molar-refractivity contribution in [2.75, 3.05) is 13.1 Å². The number of likely N-dealkylation sites (tertiary alicyclic amines) is 1. The molecule has 2 N–H and O–H groups in total. The smallest absolute Gasteiger partial charge is 0.240 e. The Morgan fingerprint density at radius 1 is 1.27 bits per heavy atom. The molecule has 0 radical (unpaired) electrons. The van der Waals surface area contributed by atoms with Gasteiger partial charge in [0, 0.05) is 55.7 Å². The van der Waals surface area contributed by atoms with E-state index in [4.69, 9.17) is 0 Å². The number of aliphatic hydroxyl groups excluding tert-OH is 1. The Bertz CT molecular complexity index is 1140. The number of piperidine rings is 1. The van der Waals surface area contributed by atoms with Crippen LogP contribution in [0.2, 0.25) is 0 Å². The zero-order valence-corrected chi connectivity index (χ0v) is 19.9. The third kappa shape index (κ3) is 4.32. The van der Waals surface area contributed by atoms with Crippen LogP contribution in [0.25, 0.3) is 10.9 Å². The second kappa shape index (κ2) is 8.95. The molecular weight excluding hydrogens is 414 g/mol. The predicted molar refractivity (Wildman–Crippen MR) is 129 cm³/mol. The molecule has 2 aliphatic heterocycles. The van der Waals surface area contributed by atoms with Crippen LogP contribution in [0.1, 0.15) is 56.1 Å². The van der Waals surface area contributed by atoms with Gasteiger partial charge in [0.05, 0.1) is 18.7 Å². The molecule has 5 rings (SSSR count). The van der Waals surface area contributed by atoms with E-state index in [1.165, 1.54) is 22.0 Å². The molecule has 0 unspecified atom stereocenters. The molecule has 0 saturated carbocycles. The number of nitrogens with one attached hydrogen (secondary N) is 1. The van der Waals surface area contributed by atoms with E-state index in [1.54, 1.807) is 0 Å². The summed E-state index contributed by atoms with van der Waals surface area (Å²) in [6.07, 6.45) is 8.74. The van der Waals surface area contributed by atoms with Crippen molar-refractivity contribution in [3.63, 3.8) is 0 Å². The molecule has 0 bridgehead atoms. The number of aliphatic hydroxyl groups is 1. The Morgan fingerprint density at radius 2 is 2.06 bits per heavy atom. The van der Waals surface area contributed by atoms with Crippen LogP contribution in [0.3, 0.4) is 0 Å². The van der Waals surface area contributed by atoms with E-state index >= 15 is 0 Å². The highest BCUT2D eigenvalue weighted by Crippen LogP contribution is 2.36. The van der Waals surface area contributed by atoms with Crippen LogP contribution in [0.4, 0.5) is 0 Å². The van der Waals surface area contributed by atoms with Gasteiger partial charge < -0.3 is 19.1 Å². The van der Waals surface area contributed by atoms with Gasteiger partial charge in [-0.1, -0.05) is 26.0 Å². The monoisotopic (exact) mass is 449 g/mol. The van der Waals surface area contributed by atoms with Crippen LogP contribution < -0.4 is 5.32 Å². The fourth-order valence-electron chi connectivity index (χ4n) is 5.49. The SMILES string of the molecule is CC(C)C[C@@H]1N[C@H](C(=O)N2CCC(O)CC2)Cc2cn(Cc3nccn3C)c3cccc1c23. The lowest BCUT2D eigenvalue weighted by Gasteiger charge is -2.34. The van der Waals surface area contributed by atoms with Gasteiger partial charge in [-0.25, -0.2) is 4.98 Å². The number of hydrogen-bond acceptors (Lipinski definition) is 4. The van der Waals surface area contributed by atoms with Crippen molar-refractivity contribution in [3.8, 4) is 0 Å². The maximum absolute atomic E-state index is 13.6. The van der Waals surface area contributed by atoms with Crippen LogP contribution in [0.15, 0.2) is 36.8 Å². The minimum atomic E-state index is -0.283. The van der Waals surface area contributed by atoms with E-state index < -0.39 is 0 Å². The zero-order chi connectivity index (χ0) is 23.1. The predicted octanol–water partition coefficient (Wildman–Crippen LogP) is 3.01. The fraction of sp³-hybridized carbons (Fsp3) is 0.538. The topological polar surface area (TPSA) is 75.3 Å². The molecule has 2 aromatic heterocycles. The van der Waals surface area contributed by atoms with Crippen LogP contribution >= 0.6 is 0 Å². The van der Waals surface area contributed by atoms with Gasteiger partial charge in [0.25, 0.3) is 0 Å². The summed E-state index contributed by atoms with van der Waals surface area (Å²) in [4.78, 5) is 20.0. The number of aromatic nitrogens is 3. The zero-order valence-electron chi connectivity index (χ0n) is 19.9. The van der Waals surface area contributed by atoms with E-state index in [0.717, 1.165) is 12.2 Å². The third-order valence-electron chi connectivity index (χ3n) is 7.23. The normalized spacial score (nSPS) is 21.7. The number of imidazole rings is 1. The summed E-state index contributed by atoms with van der Waals surface area (Å²) in [5, 5.41) is 14.9. The van der Waals surface area contributed by atoms with Crippen molar-refractivity contribution < 1.29 is 9.90 Å². The van der Waals surface area contributed by atoms with Gasteiger partial charge in [0.2, 0.25) is 5.91 Å². The van der Waals surface area contributed by atoms with Crippen LogP contribution in [0, 0.1) is 5.92 Å². The first-order valence-corrected chi connectivity index (χ1v) is 12.2.